The van der Waals surface area contributed by atoms with Crippen molar-refractivity contribution < 1.29 is 19.6 Å². The smallest absolute Gasteiger partial charge is 0.248 e. The number of hydrogen-bond acceptors (Lipinski definition) is 6. The van der Waals surface area contributed by atoms with Crippen molar-refractivity contribution >= 4 is 24.0 Å². The van der Waals surface area contributed by atoms with Gasteiger partial charge in [-0.05, 0) is 31.4 Å². The molecule has 1 saturated heterocycles. The Morgan fingerprint density at radius 2 is 2.35 bits per heavy atom. The number of hydroxylamine groups is 2. The van der Waals surface area contributed by atoms with Gasteiger partial charge >= 0.3 is 0 Å². The van der Waals surface area contributed by atoms with Crippen molar-refractivity contribution in [2.24, 2.45) is 5.92 Å². The fraction of sp³-hybridized carbons (Fsp3) is 0.588. The van der Waals surface area contributed by atoms with Gasteiger partial charge in [0.1, 0.15) is 6.04 Å². The predicted octanol–water partition coefficient (Wildman–Crippen LogP) is 1.06. The third kappa shape index (κ3) is 5.22. The third-order valence-corrected chi connectivity index (χ3v) is 4.45. The summed E-state index contributed by atoms with van der Waals surface area (Å²) in [7, 11) is 0. The second-order valence-electron chi connectivity index (χ2n) is 6.35. The van der Waals surface area contributed by atoms with Crippen LogP contribution in [0, 0.1) is 5.92 Å². The second kappa shape index (κ2) is 9.81. The first-order chi connectivity index (χ1) is 12.6. The van der Waals surface area contributed by atoms with Crippen molar-refractivity contribution in [3.63, 3.8) is 0 Å². The Kier molecular flexibility index (Phi) is 7.46. The van der Waals surface area contributed by atoms with Crippen LogP contribution in [-0.4, -0.2) is 62.7 Å². The summed E-state index contributed by atoms with van der Waals surface area (Å²) in [5, 5.41) is 20.2. The maximum absolute atomic E-state index is 12.9. The molecule has 0 spiro atoms. The number of hydrogen-bond donors (Lipinski definition) is 2. The van der Waals surface area contributed by atoms with E-state index in [1.807, 2.05) is 6.92 Å². The van der Waals surface area contributed by atoms with Gasteiger partial charge in [-0.15, -0.1) is 5.10 Å². The van der Waals surface area contributed by atoms with E-state index in [1.54, 1.807) is 17.0 Å². The van der Waals surface area contributed by atoms with E-state index in [0.29, 0.717) is 30.3 Å². The molecule has 2 heterocycles. The first kappa shape index (κ1) is 19.8. The van der Waals surface area contributed by atoms with Crippen LogP contribution in [0.5, 0.6) is 0 Å². The number of likely N-dealkylation sites (tertiary alicyclic amines) is 1. The van der Waals surface area contributed by atoms with E-state index in [0.717, 1.165) is 19.3 Å². The van der Waals surface area contributed by atoms with E-state index in [-0.39, 0.29) is 24.8 Å². The first-order valence-electron chi connectivity index (χ1n) is 8.86. The van der Waals surface area contributed by atoms with E-state index >= 15 is 0 Å². The van der Waals surface area contributed by atoms with Crippen LogP contribution in [0.3, 0.4) is 0 Å². The Hall–Kier alpha value is -2.55. The Morgan fingerprint density at radius 3 is 3.00 bits per heavy atom. The molecule has 9 nitrogen and oxygen atoms in total. The maximum atomic E-state index is 12.9. The van der Waals surface area contributed by atoms with Crippen LogP contribution in [-0.2, 0) is 14.4 Å². The molecule has 1 fully saturated rings. The summed E-state index contributed by atoms with van der Waals surface area (Å²) in [6, 6.07) is 2.71. The minimum absolute atomic E-state index is 0.0721. The molecule has 1 aliphatic heterocycles. The number of unbranched alkanes of at least 4 members (excludes halogenated alkanes) is 1. The van der Waals surface area contributed by atoms with Gasteiger partial charge in [0.2, 0.25) is 18.2 Å². The van der Waals surface area contributed by atoms with Crippen LogP contribution in [0.4, 0.5) is 5.82 Å². The molecule has 0 aromatic carbocycles. The molecule has 1 aromatic heterocycles. The molecule has 142 valence electrons. The van der Waals surface area contributed by atoms with Gasteiger partial charge in [0, 0.05) is 12.7 Å². The van der Waals surface area contributed by atoms with Crippen molar-refractivity contribution in [3.05, 3.63) is 18.3 Å². The number of nitrogens with zero attached hydrogens (tertiary/aromatic N) is 4. The summed E-state index contributed by atoms with van der Waals surface area (Å²) in [4.78, 5) is 37.7. The molecular formula is C17H25N5O4. The number of aromatic nitrogens is 2. The summed E-state index contributed by atoms with van der Waals surface area (Å²) in [6.45, 7) is 2.41. The van der Waals surface area contributed by atoms with Crippen LogP contribution in [0.15, 0.2) is 18.3 Å². The molecule has 0 saturated carbocycles. The Morgan fingerprint density at radius 1 is 1.54 bits per heavy atom. The lowest BCUT2D eigenvalue weighted by Crippen LogP contribution is -2.47. The highest BCUT2D eigenvalue weighted by Gasteiger charge is 2.37. The summed E-state index contributed by atoms with van der Waals surface area (Å²) >= 11 is 0. The van der Waals surface area contributed by atoms with Crippen molar-refractivity contribution in [2.75, 3.05) is 18.4 Å². The highest BCUT2D eigenvalue weighted by molar-refractivity contribution is 5.97. The molecule has 0 bridgehead atoms. The number of rotatable bonds is 9. The summed E-state index contributed by atoms with van der Waals surface area (Å²) in [6.07, 6.45) is 5.33. The molecule has 9 heteroatoms. The fourth-order valence-electron chi connectivity index (χ4n) is 3.13. The molecule has 2 atom stereocenters. The first-order valence-corrected chi connectivity index (χ1v) is 8.86. The van der Waals surface area contributed by atoms with Gasteiger partial charge < -0.3 is 10.2 Å². The SMILES string of the molecule is CCCC[C@H](CN(O)C=O)C(=O)N1CCC[C@H]1C(=O)Nc1cccnn1. The molecule has 0 unspecified atom stereocenters. The van der Waals surface area contributed by atoms with Gasteiger partial charge in [0.05, 0.1) is 12.5 Å². The lowest BCUT2D eigenvalue weighted by Gasteiger charge is -2.29. The average molecular weight is 363 g/mol. The fourth-order valence-corrected chi connectivity index (χ4v) is 3.13. The Labute approximate surface area is 152 Å². The lowest BCUT2D eigenvalue weighted by atomic mass is 9.99. The third-order valence-electron chi connectivity index (χ3n) is 4.45. The van der Waals surface area contributed by atoms with Gasteiger partial charge in [0.15, 0.2) is 5.82 Å². The van der Waals surface area contributed by atoms with Crippen LogP contribution < -0.4 is 5.32 Å². The van der Waals surface area contributed by atoms with E-state index in [9.17, 15) is 19.6 Å². The van der Waals surface area contributed by atoms with Gasteiger partial charge in [-0.1, -0.05) is 19.8 Å². The summed E-state index contributed by atoms with van der Waals surface area (Å²) in [5.41, 5.74) is 0. The van der Waals surface area contributed by atoms with E-state index < -0.39 is 12.0 Å². The van der Waals surface area contributed by atoms with Gasteiger partial charge in [0.25, 0.3) is 0 Å². The van der Waals surface area contributed by atoms with Crippen LogP contribution in [0.2, 0.25) is 0 Å². The zero-order valence-electron chi connectivity index (χ0n) is 14.9. The normalized spacial score (nSPS) is 17.6. The standard InChI is InChI=1S/C17H25N5O4/c1-2-3-6-13(11-21(26)12-23)17(25)22-10-5-7-14(22)16(24)19-15-8-4-9-18-20-15/h4,8-9,12-14,26H,2-3,5-7,10-11H2,1H3,(H,19,20,24)/t13-,14+/m1/s1. The molecule has 26 heavy (non-hydrogen) atoms. The number of nitrogens with one attached hydrogen (secondary N) is 1. The predicted molar refractivity (Wildman–Crippen MR) is 93.0 cm³/mol. The molecule has 0 aliphatic carbocycles. The van der Waals surface area contributed by atoms with Crippen molar-refractivity contribution in [3.8, 4) is 0 Å². The molecule has 1 aromatic rings. The number of anilines is 1. The van der Waals surface area contributed by atoms with Gasteiger partial charge in [-0.3, -0.25) is 19.6 Å². The zero-order chi connectivity index (χ0) is 18.9. The van der Waals surface area contributed by atoms with Crippen molar-refractivity contribution in [2.45, 2.75) is 45.1 Å². The highest BCUT2D eigenvalue weighted by atomic mass is 16.5. The topological polar surface area (TPSA) is 116 Å². The lowest BCUT2D eigenvalue weighted by molar-refractivity contribution is -0.157. The minimum Gasteiger partial charge on any atom is -0.330 e. The summed E-state index contributed by atoms with van der Waals surface area (Å²) in [5.74, 6) is -0.713. The van der Waals surface area contributed by atoms with E-state index in [1.165, 1.54) is 6.20 Å². The molecule has 2 N–H and O–H groups in total. The van der Waals surface area contributed by atoms with Gasteiger partial charge in [-0.2, -0.15) is 5.10 Å². The second-order valence-corrected chi connectivity index (χ2v) is 6.35. The van der Waals surface area contributed by atoms with Crippen molar-refractivity contribution in [1.82, 2.24) is 20.2 Å². The van der Waals surface area contributed by atoms with Gasteiger partial charge in [-0.25, -0.2) is 5.06 Å². The monoisotopic (exact) mass is 363 g/mol. The summed E-state index contributed by atoms with van der Waals surface area (Å²) < 4.78 is 0. The Bertz CT molecular complexity index is 612. The van der Waals surface area contributed by atoms with Crippen LogP contribution >= 0.6 is 0 Å². The molecule has 0 radical (unpaired) electrons. The Balaban J connectivity index is 2.06. The molecular weight excluding hydrogens is 338 g/mol. The number of amides is 3. The van der Waals surface area contributed by atoms with Crippen molar-refractivity contribution in [1.29, 1.82) is 0 Å². The van der Waals surface area contributed by atoms with Crippen LogP contribution in [0.1, 0.15) is 39.0 Å². The largest absolute Gasteiger partial charge is 0.330 e. The minimum atomic E-state index is -0.586. The zero-order valence-corrected chi connectivity index (χ0v) is 14.9. The number of carbonyl (C=O) groups is 3. The van der Waals surface area contributed by atoms with E-state index in [4.69, 9.17) is 0 Å². The average Bonchev–Trinajstić information content (AvgIpc) is 3.15. The number of carbonyl (C=O) groups excluding carboxylic acids is 3. The van der Waals surface area contributed by atoms with E-state index in [2.05, 4.69) is 15.5 Å². The maximum Gasteiger partial charge on any atom is 0.248 e. The highest BCUT2D eigenvalue weighted by Crippen LogP contribution is 2.23. The van der Waals surface area contributed by atoms with Crippen LogP contribution in [0.25, 0.3) is 0 Å². The molecule has 3 amide bonds. The molecule has 2 rings (SSSR count). The molecule has 1 aliphatic rings. The quantitative estimate of drug-likeness (QED) is 0.385.